The van der Waals surface area contributed by atoms with Crippen LogP contribution in [0.4, 0.5) is 4.79 Å². The maximum Gasteiger partial charge on any atom is 0.317 e. The Morgan fingerprint density at radius 1 is 1.25 bits per heavy atom. The highest BCUT2D eigenvalue weighted by atomic mass is 32.1. The second-order valence-electron chi connectivity index (χ2n) is 7.36. The number of nitrogens with zero attached hydrogens (tertiary/aromatic N) is 2. The van der Waals surface area contributed by atoms with Crippen molar-refractivity contribution in [2.24, 2.45) is 5.92 Å². The van der Waals surface area contributed by atoms with E-state index >= 15 is 0 Å². The number of amides is 3. The van der Waals surface area contributed by atoms with Crippen LogP contribution in [0.15, 0.2) is 6.07 Å². The molecule has 0 saturated carbocycles. The van der Waals surface area contributed by atoms with Crippen LogP contribution in [0.1, 0.15) is 46.3 Å². The number of rotatable bonds is 2. The first-order valence-electron chi connectivity index (χ1n) is 9.07. The molecule has 2 saturated heterocycles. The third kappa shape index (κ3) is 2.92. The summed E-state index contributed by atoms with van der Waals surface area (Å²) in [5.74, 6) is 0.920. The van der Waals surface area contributed by atoms with E-state index in [9.17, 15) is 9.59 Å². The molecule has 1 aromatic heterocycles. The highest BCUT2D eigenvalue weighted by molar-refractivity contribution is 7.14. The topological polar surface area (TPSA) is 52.7 Å². The average molecular weight is 347 g/mol. The second-order valence-corrected chi connectivity index (χ2v) is 8.49. The molecule has 0 radical (unpaired) electrons. The van der Waals surface area contributed by atoms with E-state index < -0.39 is 0 Å². The third-order valence-corrected chi connectivity index (χ3v) is 6.85. The summed E-state index contributed by atoms with van der Waals surface area (Å²) in [6.45, 7) is 5.35. The van der Waals surface area contributed by atoms with Gasteiger partial charge in [-0.25, -0.2) is 4.79 Å². The summed E-state index contributed by atoms with van der Waals surface area (Å²) < 4.78 is 0. The summed E-state index contributed by atoms with van der Waals surface area (Å²) in [5, 5.41) is 2.87. The van der Waals surface area contributed by atoms with Crippen molar-refractivity contribution >= 4 is 23.3 Å². The fourth-order valence-electron chi connectivity index (χ4n) is 4.18. The Balaban J connectivity index is 1.39. The normalized spacial score (nSPS) is 24.9. The molecule has 5 nitrogen and oxygen atoms in total. The van der Waals surface area contributed by atoms with Gasteiger partial charge in [0.05, 0.1) is 4.88 Å². The minimum atomic E-state index is 0.0554. The SMILES string of the molecule is CC1CCc2sc(C(=O)N3CCC(N4CCNC4=O)CC3)cc2C1. The predicted octanol–water partition coefficient (Wildman–Crippen LogP) is 2.50. The molecule has 3 aliphatic rings. The van der Waals surface area contributed by atoms with Gasteiger partial charge in [0.1, 0.15) is 0 Å². The first kappa shape index (κ1) is 15.9. The van der Waals surface area contributed by atoms with Crippen LogP contribution in [0, 0.1) is 5.92 Å². The van der Waals surface area contributed by atoms with Crippen LogP contribution in [0.2, 0.25) is 0 Å². The Morgan fingerprint density at radius 3 is 2.75 bits per heavy atom. The van der Waals surface area contributed by atoms with E-state index in [1.165, 1.54) is 16.9 Å². The van der Waals surface area contributed by atoms with E-state index in [1.807, 2.05) is 9.80 Å². The fraction of sp³-hybridized carbons (Fsp3) is 0.667. The van der Waals surface area contributed by atoms with Crippen molar-refractivity contribution in [2.75, 3.05) is 26.2 Å². The zero-order chi connectivity index (χ0) is 16.7. The quantitative estimate of drug-likeness (QED) is 0.894. The van der Waals surface area contributed by atoms with Crippen LogP contribution in [0.3, 0.4) is 0 Å². The van der Waals surface area contributed by atoms with Gasteiger partial charge in [-0.3, -0.25) is 4.79 Å². The number of nitrogens with one attached hydrogen (secondary N) is 1. The van der Waals surface area contributed by atoms with E-state index in [2.05, 4.69) is 18.3 Å². The second kappa shape index (κ2) is 6.39. The molecule has 3 amide bonds. The van der Waals surface area contributed by atoms with Crippen LogP contribution in [0.5, 0.6) is 0 Å². The fourth-order valence-corrected chi connectivity index (χ4v) is 5.36. The van der Waals surface area contributed by atoms with Crippen molar-refractivity contribution in [2.45, 2.75) is 45.1 Å². The number of aryl methyl sites for hydroxylation is 1. The van der Waals surface area contributed by atoms with Crippen LogP contribution in [0.25, 0.3) is 0 Å². The molecule has 0 aromatic carbocycles. The molecule has 0 spiro atoms. The lowest BCUT2D eigenvalue weighted by molar-refractivity contribution is 0.0671. The van der Waals surface area contributed by atoms with E-state index in [-0.39, 0.29) is 18.0 Å². The number of fused-ring (bicyclic) bond motifs is 1. The summed E-state index contributed by atoms with van der Waals surface area (Å²) >= 11 is 1.70. The minimum absolute atomic E-state index is 0.0554. The van der Waals surface area contributed by atoms with Gasteiger partial charge in [-0.15, -0.1) is 11.3 Å². The van der Waals surface area contributed by atoms with Crippen LogP contribution < -0.4 is 5.32 Å². The zero-order valence-electron chi connectivity index (χ0n) is 14.2. The van der Waals surface area contributed by atoms with E-state index in [4.69, 9.17) is 0 Å². The van der Waals surface area contributed by atoms with Crippen molar-refractivity contribution in [3.8, 4) is 0 Å². The minimum Gasteiger partial charge on any atom is -0.338 e. The molecular weight excluding hydrogens is 322 g/mol. The number of thiophene rings is 1. The molecule has 2 aliphatic heterocycles. The molecule has 130 valence electrons. The van der Waals surface area contributed by atoms with Crippen LogP contribution in [-0.4, -0.2) is 54.0 Å². The van der Waals surface area contributed by atoms with Crippen LogP contribution in [-0.2, 0) is 12.8 Å². The molecule has 1 atom stereocenters. The van der Waals surface area contributed by atoms with Gasteiger partial charge >= 0.3 is 6.03 Å². The molecule has 6 heteroatoms. The first-order valence-corrected chi connectivity index (χ1v) is 9.89. The third-order valence-electron chi connectivity index (χ3n) is 5.62. The predicted molar refractivity (Wildman–Crippen MR) is 94.5 cm³/mol. The Hall–Kier alpha value is -1.56. The molecule has 4 rings (SSSR count). The van der Waals surface area contributed by atoms with E-state index in [0.717, 1.165) is 62.7 Å². The summed E-state index contributed by atoms with van der Waals surface area (Å²) in [5.41, 5.74) is 1.39. The molecule has 1 unspecified atom stereocenters. The standard InChI is InChI=1S/C18H25N3O2S/c1-12-2-3-15-13(10-12)11-16(24-15)17(22)20-7-4-14(5-8-20)21-9-6-19-18(21)23/h11-12,14H,2-10H2,1H3,(H,19,23). The van der Waals surface area contributed by atoms with Gasteiger partial charge in [0, 0.05) is 37.1 Å². The van der Waals surface area contributed by atoms with E-state index in [1.54, 1.807) is 11.3 Å². The lowest BCUT2D eigenvalue weighted by Crippen LogP contribution is -2.47. The highest BCUT2D eigenvalue weighted by Crippen LogP contribution is 2.33. The maximum atomic E-state index is 12.8. The monoisotopic (exact) mass is 347 g/mol. The largest absolute Gasteiger partial charge is 0.338 e. The number of carbonyl (C=O) groups excluding carboxylic acids is 2. The number of carbonyl (C=O) groups is 2. The Morgan fingerprint density at radius 2 is 2.04 bits per heavy atom. The van der Waals surface area contributed by atoms with Gasteiger partial charge in [0.25, 0.3) is 5.91 Å². The number of hydrogen-bond acceptors (Lipinski definition) is 3. The molecule has 24 heavy (non-hydrogen) atoms. The lowest BCUT2D eigenvalue weighted by atomic mass is 9.90. The molecular formula is C18H25N3O2S. The van der Waals surface area contributed by atoms with Gasteiger partial charge in [-0.05, 0) is 49.7 Å². The molecule has 0 bridgehead atoms. The van der Waals surface area contributed by atoms with Crippen molar-refractivity contribution in [3.63, 3.8) is 0 Å². The van der Waals surface area contributed by atoms with Crippen LogP contribution >= 0.6 is 11.3 Å². The van der Waals surface area contributed by atoms with Crippen molar-refractivity contribution in [1.82, 2.24) is 15.1 Å². The van der Waals surface area contributed by atoms with Gasteiger partial charge in [0.2, 0.25) is 0 Å². The van der Waals surface area contributed by atoms with Gasteiger partial charge in [0.15, 0.2) is 0 Å². The van der Waals surface area contributed by atoms with Crippen molar-refractivity contribution in [3.05, 3.63) is 21.4 Å². The number of hydrogen-bond donors (Lipinski definition) is 1. The Bertz CT molecular complexity index is 649. The van der Waals surface area contributed by atoms with Crippen molar-refractivity contribution < 1.29 is 9.59 Å². The van der Waals surface area contributed by atoms with Gasteiger partial charge in [-0.2, -0.15) is 0 Å². The smallest absolute Gasteiger partial charge is 0.317 e. The average Bonchev–Trinajstić information content (AvgIpc) is 3.20. The molecule has 1 aliphatic carbocycles. The highest BCUT2D eigenvalue weighted by Gasteiger charge is 2.32. The number of piperidine rings is 1. The first-order chi connectivity index (χ1) is 11.6. The van der Waals surface area contributed by atoms with Gasteiger partial charge in [-0.1, -0.05) is 6.92 Å². The Kier molecular flexibility index (Phi) is 4.24. The van der Waals surface area contributed by atoms with E-state index in [0.29, 0.717) is 0 Å². The summed E-state index contributed by atoms with van der Waals surface area (Å²) in [7, 11) is 0. The number of likely N-dealkylation sites (tertiary alicyclic amines) is 1. The summed E-state index contributed by atoms with van der Waals surface area (Å²) in [6.07, 6.45) is 5.26. The molecule has 2 fully saturated rings. The molecule has 1 aromatic rings. The summed E-state index contributed by atoms with van der Waals surface area (Å²) in [6, 6.07) is 2.48. The zero-order valence-corrected chi connectivity index (χ0v) is 15.0. The number of urea groups is 1. The molecule has 1 N–H and O–H groups in total. The molecule has 3 heterocycles. The van der Waals surface area contributed by atoms with Gasteiger partial charge < -0.3 is 15.1 Å². The maximum absolute atomic E-state index is 12.8. The lowest BCUT2D eigenvalue weighted by Gasteiger charge is -2.36. The summed E-state index contributed by atoms with van der Waals surface area (Å²) in [4.78, 5) is 30.9. The van der Waals surface area contributed by atoms with Crippen molar-refractivity contribution in [1.29, 1.82) is 0 Å². The Labute approximate surface area is 147 Å².